The summed E-state index contributed by atoms with van der Waals surface area (Å²) in [7, 11) is -3.46. The third-order valence-corrected chi connectivity index (χ3v) is 6.27. The van der Waals surface area contributed by atoms with Crippen LogP contribution < -0.4 is 5.32 Å². The third-order valence-electron chi connectivity index (χ3n) is 4.69. The number of carbonyl (C=O) groups excluding carboxylic acids is 1. The quantitative estimate of drug-likeness (QED) is 0.755. The van der Waals surface area contributed by atoms with Crippen LogP contribution >= 0.6 is 0 Å². The maximum atomic E-state index is 13.1. The minimum absolute atomic E-state index is 0.0335. The molecule has 0 radical (unpaired) electrons. The maximum Gasteiger partial charge on any atom is 0.274 e. The van der Waals surface area contributed by atoms with E-state index in [1.165, 1.54) is 4.57 Å². The first-order valence-electron chi connectivity index (χ1n) is 8.64. The molecule has 2 aromatic carbocycles. The van der Waals surface area contributed by atoms with E-state index in [0.717, 1.165) is 11.1 Å². The summed E-state index contributed by atoms with van der Waals surface area (Å²) in [5, 5.41) is 2.88. The van der Waals surface area contributed by atoms with Gasteiger partial charge in [0.1, 0.15) is 11.4 Å². The average molecular weight is 381 g/mol. The molecular formula is C20H19N3O3S. The number of benzene rings is 2. The molecule has 0 spiro atoms. The number of rotatable bonds is 3. The van der Waals surface area contributed by atoms with E-state index in [1.54, 1.807) is 0 Å². The average Bonchev–Trinajstić information content (AvgIpc) is 3.16. The van der Waals surface area contributed by atoms with E-state index in [1.807, 2.05) is 62.4 Å². The number of aryl methyl sites for hydroxylation is 2. The van der Waals surface area contributed by atoms with E-state index in [4.69, 9.17) is 0 Å². The molecule has 0 aliphatic carbocycles. The Morgan fingerprint density at radius 2 is 1.85 bits per heavy atom. The molecule has 7 heteroatoms. The Morgan fingerprint density at radius 3 is 2.56 bits per heavy atom. The van der Waals surface area contributed by atoms with E-state index in [2.05, 4.69) is 10.3 Å². The second-order valence-corrected chi connectivity index (χ2v) is 8.70. The smallest absolute Gasteiger partial charge is 0.274 e. The Kier molecular flexibility index (Phi) is 4.11. The molecule has 1 aromatic heterocycles. The van der Waals surface area contributed by atoms with Crippen molar-refractivity contribution in [2.45, 2.75) is 25.5 Å². The topological polar surface area (TPSA) is 81.1 Å². The highest BCUT2D eigenvalue weighted by Gasteiger charge is 2.35. The Morgan fingerprint density at radius 1 is 1.11 bits per heavy atom. The molecule has 138 valence electrons. The lowest BCUT2D eigenvalue weighted by molar-refractivity contribution is 0.101. The zero-order valence-corrected chi connectivity index (χ0v) is 15.9. The Bertz CT molecular complexity index is 1150. The van der Waals surface area contributed by atoms with Crippen LogP contribution in [0.4, 0.5) is 5.69 Å². The van der Waals surface area contributed by atoms with Gasteiger partial charge in [0.15, 0.2) is 0 Å². The van der Waals surface area contributed by atoms with Crippen molar-refractivity contribution in [2.24, 2.45) is 0 Å². The molecule has 0 saturated heterocycles. The van der Waals surface area contributed by atoms with E-state index < -0.39 is 9.84 Å². The second-order valence-electron chi connectivity index (χ2n) is 6.70. The van der Waals surface area contributed by atoms with Crippen LogP contribution in [-0.4, -0.2) is 29.6 Å². The number of carbonyl (C=O) groups is 1. The minimum atomic E-state index is -3.46. The minimum Gasteiger partial charge on any atom is -0.320 e. The number of hydrogen-bond acceptors (Lipinski definition) is 4. The fourth-order valence-corrected chi connectivity index (χ4v) is 4.70. The predicted octanol–water partition coefficient (Wildman–Crippen LogP) is 3.21. The van der Waals surface area contributed by atoms with Gasteiger partial charge in [-0.3, -0.25) is 4.79 Å². The number of imidazole rings is 1. The molecule has 1 N–H and O–H groups in total. The van der Waals surface area contributed by atoms with Gasteiger partial charge in [0.2, 0.25) is 15.0 Å². The summed E-state index contributed by atoms with van der Waals surface area (Å²) in [4.78, 5) is 17.4. The monoisotopic (exact) mass is 381 g/mol. The fraction of sp³-hybridized carbons (Fsp3) is 0.200. The lowest BCUT2D eigenvalue weighted by Gasteiger charge is -2.11. The normalized spacial score (nSPS) is 14.7. The summed E-state index contributed by atoms with van der Waals surface area (Å²) in [6.07, 6.45) is 0. The highest BCUT2D eigenvalue weighted by Crippen LogP contribution is 2.31. The van der Waals surface area contributed by atoms with Gasteiger partial charge in [-0.2, -0.15) is 0 Å². The van der Waals surface area contributed by atoms with Gasteiger partial charge < -0.3 is 9.88 Å². The van der Waals surface area contributed by atoms with E-state index >= 15 is 0 Å². The first-order valence-corrected chi connectivity index (χ1v) is 10.3. The molecule has 1 aliphatic rings. The zero-order valence-electron chi connectivity index (χ0n) is 15.1. The molecular weight excluding hydrogens is 362 g/mol. The molecule has 0 atom stereocenters. The fourth-order valence-electron chi connectivity index (χ4n) is 3.34. The summed E-state index contributed by atoms with van der Waals surface area (Å²) < 4.78 is 26.1. The first-order chi connectivity index (χ1) is 12.9. The van der Waals surface area contributed by atoms with Gasteiger partial charge in [-0.1, -0.05) is 48.0 Å². The van der Waals surface area contributed by atoms with Crippen LogP contribution in [0.1, 0.15) is 21.6 Å². The van der Waals surface area contributed by atoms with Gasteiger partial charge in [0.25, 0.3) is 5.91 Å². The van der Waals surface area contributed by atoms with Crippen molar-refractivity contribution in [3.63, 3.8) is 0 Å². The molecule has 0 unspecified atom stereocenters. The van der Waals surface area contributed by atoms with E-state index in [9.17, 15) is 13.2 Å². The van der Waals surface area contributed by atoms with E-state index in [0.29, 0.717) is 16.9 Å². The summed E-state index contributed by atoms with van der Waals surface area (Å²) >= 11 is 0. The van der Waals surface area contributed by atoms with Crippen molar-refractivity contribution in [1.29, 1.82) is 0 Å². The molecule has 3 aromatic rings. The highest BCUT2D eigenvalue weighted by molar-refractivity contribution is 7.91. The van der Waals surface area contributed by atoms with Gasteiger partial charge in [-0.25, -0.2) is 13.4 Å². The number of amides is 1. The highest BCUT2D eigenvalue weighted by atomic mass is 32.2. The number of hydrogen-bond donors (Lipinski definition) is 1. The summed E-state index contributed by atoms with van der Waals surface area (Å²) in [5.41, 5.74) is 4.11. The van der Waals surface area contributed by atoms with Crippen LogP contribution in [0.15, 0.2) is 53.7 Å². The van der Waals surface area contributed by atoms with Crippen LogP contribution in [0.3, 0.4) is 0 Å². The standard InChI is InChI=1S/C20H19N3O3S/c1-13-8-9-16(14(2)12-13)21-19(24)18-17(15-6-4-3-5-7-15)22-20-23(18)10-11-27(20,25)26/h3-9,12H,10-11H2,1-2H3,(H,21,24). The van der Waals surface area contributed by atoms with Crippen molar-refractivity contribution in [3.8, 4) is 11.3 Å². The van der Waals surface area contributed by atoms with Crippen molar-refractivity contribution in [2.75, 3.05) is 11.1 Å². The van der Waals surface area contributed by atoms with Crippen LogP contribution in [0.5, 0.6) is 0 Å². The molecule has 0 fully saturated rings. The number of aromatic nitrogens is 2. The van der Waals surface area contributed by atoms with Crippen LogP contribution in [0, 0.1) is 13.8 Å². The molecule has 0 saturated carbocycles. The predicted molar refractivity (Wildman–Crippen MR) is 104 cm³/mol. The van der Waals surface area contributed by atoms with Gasteiger partial charge in [-0.15, -0.1) is 0 Å². The van der Waals surface area contributed by atoms with Gasteiger partial charge in [0, 0.05) is 17.8 Å². The second kappa shape index (κ2) is 6.35. The Hall–Kier alpha value is -2.93. The van der Waals surface area contributed by atoms with Crippen molar-refractivity contribution in [3.05, 3.63) is 65.4 Å². The van der Waals surface area contributed by atoms with Crippen molar-refractivity contribution >= 4 is 21.4 Å². The maximum absolute atomic E-state index is 13.1. The first kappa shape index (κ1) is 17.5. The van der Waals surface area contributed by atoms with Gasteiger partial charge >= 0.3 is 0 Å². The molecule has 2 heterocycles. The number of anilines is 1. The Balaban J connectivity index is 1.83. The van der Waals surface area contributed by atoms with Gasteiger partial charge in [-0.05, 0) is 25.5 Å². The number of sulfone groups is 1. The summed E-state index contributed by atoms with van der Waals surface area (Å²) in [5.74, 6) is -0.398. The molecule has 6 nitrogen and oxygen atoms in total. The Labute approximate surface area is 157 Å². The summed E-state index contributed by atoms with van der Waals surface area (Å²) in [6, 6.07) is 14.9. The van der Waals surface area contributed by atoms with Gasteiger partial charge in [0.05, 0.1) is 5.75 Å². The zero-order chi connectivity index (χ0) is 19.2. The van der Waals surface area contributed by atoms with Crippen LogP contribution in [0.2, 0.25) is 0 Å². The SMILES string of the molecule is Cc1ccc(NC(=O)c2c(-c3ccccc3)nc3n2CCS3(=O)=O)c(C)c1. The van der Waals surface area contributed by atoms with Crippen LogP contribution in [-0.2, 0) is 16.4 Å². The lowest BCUT2D eigenvalue weighted by Crippen LogP contribution is -2.18. The van der Waals surface area contributed by atoms with Crippen molar-refractivity contribution < 1.29 is 13.2 Å². The molecule has 27 heavy (non-hydrogen) atoms. The van der Waals surface area contributed by atoms with Crippen LogP contribution in [0.25, 0.3) is 11.3 Å². The van der Waals surface area contributed by atoms with Crippen molar-refractivity contribution in [1.82, 2.24) is 9.55 Å². The summed E-state index contributed by atoms with van der Waals surface area (Å²) in [6.45, 7) is 4.14. The number of nitrogens with one attached hydrogen (secondary N) is 1. The van der Waals surface area contributed by atoms with E-state index in [-0.39, 0.29) is 29.1 Å². The molecule has 1 amide bonds. The molecule has 1 aliphatic heterocycles. The molecule has 0 bridgehead atoms. The third kappa shape index (κ3) is 3.04. The number of nitrogens with zero attached hydrogens (tertiary/aromatic N) is 2. The lowest BCUT2D eigenvalue weighted by atomic mass is 10.1. The molecule has 4 rings (SSSR count). The largest absolute Gasteiger partial charge is 0.320 e. The number of fused-ring (bicyclic) bond motifs is 1.